The van der Waals surface area contributed by atoms with E-state index in [4.69, 9.17) is 13.8 Å². The molecule has 0 amide bonds. The maximum absolute atomic E-state index is 13.6. The van der Waals surface area contributed by atoms with Crippen molar-refractivity contribution in [2.24, 2.45) is 17.3 Å². The molecule has 0 radical (unpaired) electrons. The number of ether oxygens (including phenoxy) is 1. The number of Topliss-reactive ketones (excluding diaryl/α,β-unsaturated/α-hetero) is 1. The zero-order chi connectivity index (χ0) is 27.9. The van der Waals surface area contributed by atoms with Gasteiger partial charge in [-0.25, -0.2) is 4.98 Å². The van der Waals surface area contributed by atoms with Crippen LogP contribution in [0.3, 0.4) is 0 Å². The van der Waals surface area contributed by atoms with Gasteiger partial charge in [-0.05, 0) is 56.3 Å². The number of aromatic nitrogens is 1. The van der Waals surface area contributed by atoms with Crippen molar-refractivity contribution in [1.29, 1.82) is 0 Å². The van der Waals surface area contributed by atoms with E-state index < -0.39 is 35.6 Å². The lowest BCUT2D eigenvalue weighted by Crippen LogP contribution is -2.46. The highest BCUT2D eigenvalue weighted by Crippen LogP contribution is 2.36. The van der Waals surface area contributed by atoms with Crippen molar-refractivity contribution >= 4 is 48.1 Å². The van der Waals surface area contributed by atoms with Gasteiger partial charge >= 0.3 is 5.97 Å². The molecule has 2 rings (SSSR count). The normalized spacial score (nSPS) is 31.3. The molecular weight excluding hydrogens is 528 g/mol. The Morgan fingerprint density at radius 3 is 2.54 bits per heavy atom. The average molecular weight is 572 g/mol. The van der Waals surface area contributed by atoms with Crippen LogP contribution in [0, 0.1) is 24.2 Å². The van der Waals surface area contributed by atoms with Gasteiger partial charge in [-0.3, -0.25) is 9.59 Å². The Morgan fingerprint density at radius 1 is 1.30 bits per heavy atom. The summed E-state index contributed by atoms with van der Waals surface area (Å²) in [6.45, 7) is 15.4. The number of hydrogen-bond donors (Lipinski definition) is 1. The topological polar surface area (TPSA) is 95.0 Å². The van der Waals surface area contributed by atoms with Gasteiger partial charge in [0.2, 0.25) is 0 Å². The summed E-state index contributed by atoms with van der Waals surface area (Å²) in [6, 6.07) is 0. The number of carbonyl (C=O) groups excluding carboxylic acids is 2. The Hall–Kier alpha value is -1.01. The molecule has 0 bridgehead atoms. The van der Waals surface area contributed by atoms with Gasteiger partial charge in [0.25, 0.3) is 0 Å². The highest BCUT2D eigenvalue weighted by atomic mass is 32.1. The summed E-state index contributed by atoms with van der Waals surface area (Å²) in [5.41, 5.74) is 1.28. The average Bonchev–Trinajstić information content (AvgIpc) is 3.25. The lowest BCUT2D eigenvalue weighted by Gasteiger charge is -2.37. The van der Waals surface area contributed by atoms with Gasteiger partial charge in [-0.1, -0.05) is 34.3 Å². The second-order valence-corrected chi connectivity index (χ2v) is 12.3. The predicted octanol–water partition coefficient (Wildman–Crippen LogP) is 5.87. The highest BCUT2D eigenvalue weighted by Gasteiger charge is 2.44. The Labute approximate surface area is 230 Å². The van der Waals surface area contributed by atoms with Crippen molar-refractivity contribution in [3.05, 3.63) is 33.8 Å². The van der Waals surface area contributed by atoms with E-state index in [2.05, 4.69) is 37.4 Å². The van der Waals surface area contributed by atoms with Crippen LogP contribution in [0.15, 0.2) is 23.1 Å². The number of aliphatic hydroxyl groups is 1. The lowest BCUT2D eigenvalue weighted by molar-refractivity contribution is -0.153. The highest BCUT2D eigenvalue weighted by molar-refractivity contribution is 7.10. The van der Waals surface area contributed by atoms with Crippen molar-refractivity contribution in [3.8, 4) is 0 Å². The van der Waals surface area contributed by atoms with Crippen molar-refractivity contribution in [3.63, 3.8) is 0 Å². The van der Waals surface area contributed by atoms with Crippen molar-refractivity contribution in [1.82, 2.24) is 4.98 Å². The smallest absolute Gasteiger partial charge is 0.309 e. The monoisotopic (exact) mass is 571 g/mol. The van der Waals surface area contributed by atoms with Gasteiger partial charge in [0.15, 0.2) is 0 Å². The van der Waals surface area contributed by atoms with Crippen LogP contribution >= 0.6 is 30.3 Å². The number of aliphatic hydroxyl groups excluding tert-OH is 1. The van der Waals surface area contributed by atoms with Crippen LogP contribution in [-0.2, 0) is 23.4 Å². The number of rotatable bonds is 4. The third kappa shape index (κ3) is 8.74. The fraction of sp³-hybridized carbons (Fsp3) is 0.667. The van der Waals surface area contributed by atoms with Crippen LogP contribution in [0.1, 0.15) is 77.4 Å². The number of hydrogen-bond acceptors (Lipinski definition) is 8. The molecule has 7 nitrogen and oxygen atoms in total. The first-order valence-corrected chi connectivity index (χ1v) is 14.5. The van der Waals surface area contributed by atoms with E-state index in [1.807, 2.05) is 32.2 Å². The minimum atomic E-state index is -0.968. The maximum atomic E-state index is 13.6. The van der Waals surface area contributed by atoms with Crippen molar-refractivity contribution in [2.45, 2.75) is 98.1 Å². The van der Waals surface area contributed by atoms with Crippen LogP contribution in [0.2, 0.25) is 0 Å². The largest absolute Gasteiger partial charge is 0.458 e. The molecule has 1 aliphatic rings. The van der Waals surface area contributed by atoms with Crippen LogP contribution in [0.4, 0.5) is 0 Å². The Morgan fingerprint density at radius 2 is 1.97 bits per heavy atom. The third-order valence-electron chi connectivity index (χ3n) is 7.44. The number of nitrogens with zero attached hydrogens (tertiary/aromatic N) is 1. The molecular formula is C27H43NO6P2S. The van der Waals surface area contributed by atoms with E-state index in [1.165, 1.54) is 11.3 Å². The molecule has 1 aliphatic heterocycles. The van der Waals surface area contributed by atoms with Crippen LogP contribution in [0.25, 0.3) is 6.08 Å². The molecule has 1 aromatic heterocycles. The Kier molecular flexibility index (Phi) is 12.5. The molecule has 8 atom stereocenters. The molecule has 8 unspecified atom stereocenters. The first-order valence-electron chi connectivity index (χ1n) is 12.7. The SMILES string of the molecule is C=C1CCCC(C)C(OP)C(C)C(=O)C(C)(C)C(OP)CC(=O)OC(/C(C)=C/c2csc(C)n2)CC1O. The molecule has 1 fully saturated rings. The number of cyclic esters (lactones) is 1. The van der Waals surface area contributed by atoms with Gasteiger partial charge < -0.3 is 18.9 Å². The summed E-state index contributed by atoms with van der Waals surface area (Å²) in [5, 5.41) is 13.8. The molecule has 0 aliphatic carbocycles. The minimum absolute atomic E-state index is 0.0366. The quantitative estimate of drug-likeness (QED) is 0.275. The van der Waals surface area contributed by atoms with Gasteiger partial charge in [0, 0.05) is 36.7 Å². The number of carbonyl (C=O) groups is 2. The molecule has 2 heterocycles. The zero-order valence-electron chi connectivity index (χ0n) is 22.9. The van der Waals surface area contributed by atoms with E-state index in [0.29, 0.717) is 12.0 Å². The Bertz CT molecular complexity index is 978. The van der Waals surface area contributed by atoms with Gasteiger partial charge in [-0.2, -0.15) is 0 Å². The molecule has 10 heteroatoms. The van der Waals surface area contributed by atoms with E-state index in [9.17, 15) is 14.7 Å². The molecule has 0 saturated carbocycles. The van der Waals surface area contributed by atoms with Crippen molar-refractivity contribution in [2.75, 3.05) is 0 Å². The third-order valence-corrected chi connectivity index (χ3v) is 8.88. The van der Waals surface area contributed by atoms with Crippen LogP contribution < -0.4 is 0 Å². The summed E-state index contributed by atoms with van der Waals surface area (Å²) in [6.07, 6.45) is 1.63. The summed E-state index contributed by atoms with van der Waals surface area (Å²) in [5.74, 6) is -0.858. The Balaban J connectivity index is 2.40. The van der Waals surface area contributed by atoms with E-state index in [0.717, 1.165) is 29.1 Å². The summed E-state index contributed by atoms with van der Waals surface area (Å²) < 4.78 is 17.2. The number of aryl methyl sites for hydroxylation is 1. The number of esters is 1. The lowest BCUT2D eigenvalue weighted by atomic mass is 9.73. The van der Waals surface area contributed by atoms with E-state index in [1.54, 1.807) is 13.8 Å². The summed E-state index contributed by atoms with van der Waals surface area (Å²) in [4.78, 5) is 31.3. The molecule has 0 spiro atoms. The van der Waals surface area contributed by atoms with Gasteiger partial charge in [-0.15, -0.1) is 11.3 Å². The van der Waals surface area contributed by atoms with E-state index in [-0.39, 0.29) is 30.6 Å². The van der Waals surface area contributed by atoms with Gasteiger partial charge in [0.1, 0.15) is 11.9 Å². The first kappa shape index (κ1) is 32.2. The fourth-order valence-electron chi connectivity index (χ4n) is 4.92. The summed E-state index contributed by atoms with van der Waals surface area (Å²) in [7, 11) is 4.48. The minimum Gasteiger partial charge on any atom is -0.458 e. The fourth-order valence-corrected chi connectivity index (χ4v) is 6.43. The predicted molar refractivity (Wildman–Crippen MR) is 155 cm³/mol. The standard InChI is InChI=1S/C27H43NO6P2S/c1-15-9-8-10-16(2)25(34-36)18(4)26(31)27(6,7)23(33-35)13-24(30)32-22(12-21(15)29)17(3)11-20-14-37-19(5)28-20/h11,14,16,18,21-23,25,29H,1,8-10,12-13,35-36H2,2-7H3/b17-11+. The number of thiazole rings is 1. The maximum Gasteiger partial charge on any atom is 0.309 e. The summed E-state index contributed by atoms with van der Waals surface area (Å²) >= 11 is 1.54. The molecule has 208 valence electrons. The molecule has 37 heavy (non-hydrogen) atoms. The van der Waals surface area contributed by atoms with E-state index >= 15 is 0 Å². The van der Waals surface area contributed by atoms with Crippen molar-refractivity contribution < 1.29 is 28.5 Å². The molecule has 1 N–H and O–H groups in total. The molecule has 1 saturated heterocycles. The molecule has 1 aromatic rings. The first-order chi connectivity index (χ1) is 17.3. The zero-order valence-corrected chi connectivity index (χ0v) is 26.0. The van der Waals surface area contributed by atoms with Crippen LogP contribution in [0.5, 0.6) is 0 Å². The second-order valence-electron chi connectivity index (χ2n) is 10.7. The number of ketones is 1. The van der Waals surface area contributed by atoms with Gasteiger partial charge in [0.05, 0.1) is 40.8 Å². The molecule has 0 aromatic carbocycles. The second kappa shape index (κ2) is 14.4. The van der Waals surface area contributed by atoms with Crippen LogP contribution in [-0.4, -0.2) is 46.3 Å².